The van der Waals surface area contributed by atoms with Crippen LogP contribution in [0.4, 0.5) is 20.7 Å². The van der Waals surface area contributed by atoms with Crippen LogP contribution < -0.4 is 10.6 Å². The van der Waals surface area contributed by atoms with Gasteiger partial charge in [0.15, 0.2) is 0 Å². The lowest BCUT2D eigenvalue weighted by Crippen LogP contribution is -2.27. The van der Waals surface area contributed by atoms with Gasteiger partial charge in [0.25, 0.3) is 0 Å². The number of carbonyl (C=O) groups is 2. The van der Waals surface area contributed by atoms with E-state index in [1.54, 1.807) is 45.4 Å². The zero-order valence-corrected chi connectivity index (χ0v) is 20.2. The molecule has 0 aliphatic heterocycles. The molecule has 2 unspecified atom stereocenters. The van der Waals surface area contributed by atoms with Crippen molar-refractivity contribution in [2.75, 3.05) is 10.6 Å². The molecule has 1 aromatic carbocycles. The number of alkyl halides is 1. The number of pyridine rings is 2. The minimum absolute atomic E-state index is 0.246. The van der Waals surface area contributed by atoms with Gasteiger partial charge in [-0.2, -0.15) is 0 Å². The highest BCUT2D eigenvalue weighted by Crippen LogP contribution is 2.37. The minimum Gasteiger partial charge on any atom is -0.444 e. The molecule has 1 fully saturated rings. The van der Waals surface area contributed by atoms with Crippen molar-refractivity contribution in [3.8, 4) is 11.1 Å². The number of amides is 2. The number of anilines is 2. The molecule has 2 aromatic heterocycles. The molecule has 2 atom stereocenters. The van der Waals surface area contributed by atoms with Gasteiger partial charge in [0.1, 0.15) is 17.6 Å². The molecule has 2 amide bonds. The van der Waals surface area contributed by atoms with Crippen LogP contribution in [0.1, 0.15) is 39.7 Å². The number of hydrogen-bond donors (Lipinski definition) is 2. The van der Waals surface area contributed by atoms with Crippen molar-refractivity contribution in [2.45, 2.75) is 52.3 Å². The summed E-state index contributed by atoms with van der Waals surface area (Å²) in [4.78, 5) is 33.0. The second kappa shape index (κ2) is 9.18. The van der Waals surface area contributed by atoms with Gasteiger partial charge in [-0.25, -0.2) is 14.2 Å². The second-order valence-electron chi connectivity index (χ2n) is 9.29. The average molecular weight is 485 g/mol. The summed E-state index contributed by atoms with van der Waals surface area (Å²) >= 11 is 6.55. The molecule has 0 spiro atoms. The maximum atomic E-state index is 13.2. The zero-order valence-electron chi connectivity index (χ0n) is 19.4. The van der Waals surface area contributed by atoms with Crippen LogP contribution in [0.15, 0.2) is 36.8 Å². The fourth-order valence-electron chi connectivity index (χ4n) is 3.73. The Balaban J connectivity index is 1.68. The molecule has 2 heterocycles. The molecule has 1 aliphatic carbocycles. The molecular weight excluding hydrogens is 459 g/mol. The Morgan fingerprint density at radius 3 is 2.56 bits per heavy atom. The van der Waals surface area contributed by atoms with Crippen molar-refractivity contribution in [1.82, 2.24) is 9.97 Å². The van der Waals surface area contributed by atoms with Gasteiger partial charge in [-0.05, 0) is 68.3 Å². The molecule has 4 rings (SSSR count). The highest BCUT2D eigenvalue weighted by molar-refractivity contribution is 6.36. The zero-order chi connectivity index (χ0) is 24.6. The lowest BCUT2D eigenvalue weighted by Gasteiger charge is -2.21. The number of ether oxygens (including phenoxy) is 1. The molecular formula is C25H26ClFN4O3. The lowest BCUT2D eigenvalue weighted by molar-refractivity contribution is -0.117. The monoisotopic (exact) mass is 484 g/mol. The van der Waals surface area contributed by atoms with Gasteiger partial charge in [0.2, 0.25) is 5.91 Å². The number of rotatable bonds is 5. The van der Waals surface area contributed by atoms with Crippen LogP contribution in [0, 0.1) is 5.92 Å². The van der Waals surface area contributed by atoms with Gasteiger partial charge in [0.05, 0.1) is 22.8 Å². The summed E-state index contributed by atoms with van der Waals surface area (Å²) < 4.78 is 18.6. The van der Waals surface area contributed by atoms with E-state index in [1.807, 2.05) is 19.1 Å². The van der Waals surface area contributed by atoms with Crippen LogP contribution in [0.25, 0.3) is 21.9 Å². The first-order valence-electron chi connectivity index (χ1n) is 11.1. The van der Waals surface area contributed by atoms with Crippen LogP contribution in [0.2, 0.25) is 5.02 Å². The van der Waals surface area contributed by atoms with Gasteiger partial charge in [-0.1, -0.05) is 18.5 Å². The maximum absolute atomic E-state index is 13.2. The van der Waals surface area contributed by atoms with Crippen molar-refractivity contribution < 1.29 is 18.7 Å². The fourth-order valence-corrected chi connectivity index (χ4v) is 4.01. The maximum Gasteiger partial charge on any atom is 0.412 e. The number of nitrogens with one attached hydrogen (secondary N) is 2. The molecule has 3 aromatic rings. The summed E-state index contributed by atoms with van der Waals surface area (Å²) in [5.41, 5.74) is 2.41. The van der Waals surface area contributed by atoms with Crippen LogP contribution in [0.5, 0.6) is 0 Å². The van der Waals surface area contributed by atoms with E-state index in [1.165, 1.54) is 0 Å². The van der Waals surface area contributed by atoms with Crippen LogP contribution in [-0.2, 0) is 16.0 Å². The second-order valence-corrected chi connectivity index (χ2v) is 9.70. The van der Waals surface area contributed by atoms with Gasteiger partial charge in [0, 0.05) is 23.3 Å². The van der Waals surface area contributed by atoms with Gasteiger partial charge in [-0.3, -0.25) is 15.1 Å². The van der Waals surface area contributed by atoms with Gasteiger partial charge in [-0.15, -0.1) is 0 Å². The number of nitrogens with zero attached hydrogens (tertiary/aromatic N) is 2. The van der Waals surface area contributed by atoms with Gasteiger partial charge < -0.3 is 10.1 Å². The van der Waals surface area contributed by atoms with E-state index < -0.39 is 23.8 Å². The summed E-state index contributed by atoms with van der Waals surface area (Å²) in [5, 5.41) is 7.41. The van der Waals surface area contributed by atoms with Crippen molar-refractivity contribution in [3.63, 3.8) is 0 Å². The third-order valence-corrected chi connectivity index (χ3v) is 5.76. The van der Waals surface area contributed by atoms with E-state index in [-0.39, 0.29) is 12.3 Å². The molecule has 1 saturated carbocycles. The van der Waals surface area contributed by atoms with E-state index in [9.17, 15) is 14.0 Å². The van der Waals surface area contributed by atoms with Gasteiger partial charge >= 0.3 is 6.09 Å². The molecule has 2 N–H and O–H groups in total. The third-order valence-electron chi connectivity index (χ3n) is 5.44. The predicted octanol–water partition coefficient (Wildman–Crippen LogP) is 6.16. The standard InChI is InChI=1S/C25H26ClFN4O3/c1-5-15-17(10-28-12-21(15)30-24(33)34-25(2,3)4)13-6-14-8-22(29-11-18(14)19(26)7-13)31-23(32)16-9-20(16)27/h6-8,10-12,16,20H,5,9H2,1-4H3,(H,30,33)(H,29,31,32). The smallest absolute Gasteiger partial charge is 0.412 e. The number of fused-ring (bicyclic) bond motifs is 1. The molecule has 0 bridgehead atoms. The quantitative estimate of drug-likeness (QED) is 0.452. The summed E-state index contributed by atoms with van der Waals surface area (Å²) in [7, 11) is 0. The Hall–Kier alpha value is -3.26. The summed E-state index contributed by atoms with van der Waals surface area (Å²) in [6.45, 7) is 7.37. The number of benzene rings is 1. The third kappa shape index (κ3) is 5.28. The first-order valence-corrected chi connectivity index (χ1v) is 11.4. The van der Waals surface area contributed by atoms with E-state index in [4.69, 9.17) is 16.3 Å². The minimum atomic E-state index is -1.08. The molecule has 0 saturated heterocycles. The van der Waals surface area contributed by atoms with E-state index in [2.05, 4.69) is 20.6 Å². The van der Waals surface area contributed by atoms with Crippen LogP contribution in [0.3, 0.4) is 0 Å². The topological polar surface area (TPSA) is 93.2 Å². The Morgan fingerprint density at radius 1 is 1.18 bits per heavy atom. The van der Waals surface area contributed by atoms with E-state index in [0.29, 0.717) is 28.3 Å². The molecule has 0 radical (unpaired) electrons. The largest absolute Gasteiger partial charge is 0.444 e. The molecule has 7 nitrogen and oxygen atoms in total. The number of halogens is 2. The highest BCUT2D eigenvalue weighted by Gasteiger charge is 2.43. The normalized spacial score (nSPS) is 17.4. The SMILES string of the molecule is CCc1c(NC(=O)OC(C)(C)C)cncc1-c1cc(Cl)c2cnc(NC(=O)C3CC3F)cc2c1. The Labute approximate surface area is 202 Å². The highest BCUT2D eigenvalue weighted by atomic mass is 35.5. The van der Waals surface area contributed by atoms with Crippen LogP contribution >= 0.6 is 11.6 Å². The number of carbonyl (C=O) groups excluding carboxylic acids is 2. The Kier molecular flexibility index (Phi) is 6.45. The van der Waals surface area contributed by atoms with Crippen molar-refractivity contribution in [1.29, 1.82) is 0 Å². The Morgan fingerprint density at radius 2 is 1.91 bits per heavy atom. The average Bonchev–Trinajstić information content (AvgIpc) is 3.48. The van der Waals surface area contributed by atoms with E-state index in [0.717, 1.165) is 22.1 Å². The van der Waals surface area contributed by atoms with Crippen molar-refractivity contribution in [2.24, 2.45) is 5.92 Å². The summed E-state index contributed by atoms with van der Waals surface area (Å²) in [6, 6.07) is 5.44. The van der Waals surface area contributed by atoms with Crippen molar-refractivity contribution in [3.05, 3.63) is 47.4 Å². The summed E-state index contributed by atoms with van der Waals surface area (Å²) in [6.07, 6.45) is 4.12. The fraction of sp³-hybridized carbons (Fsp3) is 0.360. The molecule has 9 heteroatoms. The number of hydrogen-bond acceptors (Lipinski definition) is 5. The van der Waals surface area contributed by atoms with Crippen molar-refractivity contribution >= 4 is 45.9 Å². The molecule has 178 valence electrons. The molecule has 1 aliphatic rings. The Bertz CT molecular complexity index is 1270. The lowest BCUT2D eigenvalue weighted by atomic mass is 9.97. The van der Waals surface area contributed by atoms with E-state index >= 15 is 0 Å². The van der Waals surface area contributed by atoms with Crippen LogP contribution in [-0.4, -0.2) is 33.7 Å². The summed E-state index contributed by atoms with van der Waals surface area (Å²) in [5.74, 6) is -0.648. The first kappa shape index (κ1) is 23.9. The molecule has 34 heavy (non-hydrogen) atoms. The first-order chi connectivity index (χ1) is 16.1. The predicted molar refractivity (Wildman–Crippen MR) is 131 cm³/mol. The number of aromatic nitrogens is 2.